The zero-order chi connectivity index (χ0) is 18.9. The summed E-state index contributed by atoms with van der Waals surface area (Å²) in [5, 5.41) is 0.884. The van der Waals surface area contributed by atoms with E-state index in [1.165, 1.54) is 5.56 Å². The number of carbonyl (C=O) groups is 2. The second kappa shape index (κ2) is 6.08. The van der Waals surface area contributed by atoms with E-state index in [4.69, 9.17) is 9.72 Å². The Balaban J connectivity index is 1.48. The molecule has 1 unspecified atom stereocenters. The molecular weight excluding hydrogens is 358 g/mol. The van der Waals surface area contributed by atoms with Crippen LogP contribution in [0.15, 0.2) is 24.3 Å². The molecule has 27 heavy (non-hydrogen) atoms. The van der Waals surface area contributed by atoms with Crippen molar-refractivity contribution in [2.24, 2.45) is 11.8 Å². The molecule has 0 N–H and O–H groups in total. The first-order valence-electron chi connectivity index (χ1n) is 9.76. The van der Waals surface area contributed by atoms with Gasteiger partial charge in [-0.3, -0.25) is 9.59 Å². The summed E-state index contributed by atoms with van der Waals surface area (Å²) in [6.45, 7) is 6.32. The Kier molecular flexibility index (Phi) is 3.89. The lowest BCUT2D eigenvalue weighted by atomic mass is 9.81. The summed E-state index contributed by atoms with van der Waals surface area (Å²) >= 11 is 1.57. The predicted octanol–water partition coefficient (Wildman–Crippen LogP) is 4.27. The lowest BCUT2D eigenvalue weighted by Gasteiger charge is -2.16. The van der Waals surface area contributed by atoms with Crippen molar-refractivity contribution < 1.29 is 14.3 Å². The molecule has 5 heteroatoms. The van der Waals surface area contributed by atoms with Gasteiger partial charge >= 0.3 is 0 Å². The van der Waals surface area contributed by atoms with Crippen LogP contribution in [0.1, 0.15) is 54.7 Å². The first-order chi connectivity index (χ1) is 13.0. The van der Waals surface area contributed by atoms with Gasteiger partial charge < -0.3 is 4.74 Å². The number of aryl methyl sites for hydroxylation is 1. The molecule has 1 saturated carbocycles. The van der Waals surface area contributed by atoms with E-state index in [2.05, 4.69) is 38.1 Å². The van der Waals surface area contributed by atoms with Crippen LogP contribution in [0.5, 0.6) is 0 Å². The van der Waals surface area contributed by atoms with E-state index >= 15 is 0 Å². The van der Waals surface area contributed by atoms with Gasteiger partial charge in [-0.25, -0.2) is 4.98 Å². The first kappa shape index (κ1) is 17.3. The van der Waals surface area contributed by atoms with Gasteiger partial charge in [-0.15, -0.1) is 11.3 Å². The van der Waals surface area contributed by atoms with Crippen molar-refractivity contribution in [3.63, 3.8) is 0 Å². The molecule has 1 aliphatic carbocycles. The highest BCUT2D eigenvalue weighted by Crippen LogP contribution is 2.52. The zero-order valence-corrected chi connectivity index (χ0v) is 16.6. The molecule has 3 aliphatic rings. The van der Waals surface area contributed by atoms with E-state index in [1.54, 1.807) is 11.3 Å². The smallest absolute Gasteiger partial charge is 0.155 e. The van der Waals surface area contributed by atoms with Crippen molar-refractivity contribution >= 4 is 22.9 Å². The molecule has 5 rings (SSSR count). The zero-order valence-electron chi connectivity index (χ0n) is 15.8. The third kappa shape index (κ3) is 2.48. The number of aromatic nitrogens is 1. The van der Waals surface area contributed by atoms with Gasteiger partial charge in [0.15, 0.2) is 11.6 Å². The standard InChI is InChI=1S/C22H23NO3S/c1-10(2)12-4-6-13(7-5-12)22-23-19(11(3)27-22)18-20(24)16-14-8-9-15(26-14)17(16)21(18)25/h4-7,10,14-18H,8-9H2,1-3H3/t14-,15+,16-,17+,18?. The summed E-state index contributed by atoms with van der Waals surface area (Å²) in [5.41, 5.74) is 3.00. The SMILES string of the molecule is Cc1sc(-c2ccc(C(C)C)cc2)nc1C1C(=O)[C@@H]2[C@H](C1=O)[C@H]1CC[C@@H]2O1. The Morgan fingerprint density at radius 1 is 1.04 bits per heavy atom. The quantitative estimate of drug-likeness (QED) is 0.745. The average Bonchev–Trinajstić information content (AvgIpc) is 3.40. The average molecular weight is 381 g/mol. The molecule has 5 atom stereocenters. The molecule has 2 saturated heterocycles. The number of hydrogen-bond donors (Lipinski definition) is 0. The maximum atomic E-state index is 13.1. The van der Waals surface area contributed by atoms with E-state index in [1.807, 2.05) is 6.92 Å². The molecule has 0 spiro atoms. The van der Waals surface area contributed by atoms with Crippen LogP contribution in [0.3, 0.4) is 0 Å². The van der Waals surface area contributed by atoms with Crippen LogP contribution < -0.4 is 0 Å². The molecule has 140 valence electrons. The number of nitrogens with zero attached hydrogens (tertiary/aromatic N) is 1. The second-order valence-electron chi connectivity index (χ2n) is 8.32. The molecule has 4 nitrogen and oxygen atoms in total. The Hall–Kier alpha value is -1.85. The number of rotatable bonds is 3. The van der Waals surface area contributed by atoms with E-state index in [0.717, 1.165) is 28.3 Å². The van der Waals surface area contributed by atoms with Gasteiger partial charge in [-0.05, 0) is 31.2 Å². The Morgan fingerprint density at radius 3 is 2.19 bits per heavy atom. The van der Waals surface area contributed by atoms with Crippen LogP contribution in [0.2, 0.25) is 0 Å². The summed E-state index contributed by atoms with van der Waals surface area (Å²) in [5.74, 6) is -0.614. The highest BCUT2D eigenvalue weighted by atomic mass is 32.1. The summed E-state index contributed by atoms with van der Waals surface area (Å²) in [6.07, 6.45) is 1.70. The van der Waals surface area contributed by atoms with Gasteiger partial charge in [-0.2, -0.15) is 0 Å². The van der Waals surface area contributed by atoms with Crippen molar-refractivity contribution in [2.45, 2.75) is 57.7 Å². The highest BCUT2D eigenvalue weighted by Gasteiger charge is 2.63. The fraction of sp³-hybridized carbons (Fsp3) is 0.500. The summed E-state index contributed by atoms with van der Waals surface area (Å²) in [6, 6.07) is 8.42. The van der Waals surface area contributed by atoms with Crippen molar-refractivity contribution in [3.8, 4) is 10.6 Å². The van der Waals surface area contributed by atoms with E-state index < -0.39 is 5.92 Å². The monoisotopic (exact) mass is 381 g/mol. The van der Waals surface area contributed by atoms with E-state index in [-0.39, 0.29) is 35.6 Å². The van der Waals surface area contributed by atoms with Crippen molar-refractivity contribution in [2.75, 3.05) is 0 Å². The van der Waals surface area contributed by atoms with Crippen LogP contribution in [0, 0.1) is 18.8 Å². The molecule has 3 heterocycles. The van der Waals surface area contributed by atoms with Gasteiger partial charge in [0.25, 0.3) is 0 Å². The van der Waals surface area contributed by atoms with Crippen LogP contribution >= 0.6 is 11.3 Å². The summed E-state index contributed by atoms with van der Waals surface area (Å²) in [7, 11) is 0. The van der Waals surface area contributed by atoms with E-state index in [0.29, 0.717) is 11.6 Å². The number of ether oxygens (including phenoxy) is 1. The number of hydrogen-bond acceptors (Lipinski definition) is 5. The third-order valence-corrected chi connectivity index (χ3v) is 7.47. The molecule has 1 aromatic carbocycles. The summed E-state index contributed by atoms with van der Waals surface area (Å²) < 4.78 is 5.84. The topological polar surface area (TPSA) is 56.3 Å². The maximum Gasteiger partial charge on any atom is 0.155 e. The molecule has 2 aromatic rings. The molecular formula is C22H23NO3S. The Labute approximate surface area is 163 Å². The van der Waals surface area contributed by atoms with Crippen molar-refractivity contribution in [1.29, 1.82) is 0 Å². The lowest BCUT2D eigenvalue weighted by Crippen LogP contribution is -2.29. The van der Waals surface area contributed by atoms with Gasteiger partial charge in [0.2, 0.25) is 0 Å². The first-order valence-corrected chi connectivity index (χ1v) is 10.6. The lowest BCUT2D eigenvalue weighted by molar-refractivity contribution is -0.127. The molecule has 2 aliphatic heterocycles. The molecule has 3 fully saturated rings. The van der Waals surface area contributed by atoms with E-state index in [9.17, 15) is 9.59 Å². The van der Waals surface area contributed by atoms with Crippen LogP contribution in [0.25, 0.3) is 10.6 Å². The van der Waals surface area contributed by atoms with Gasteiger partial charge in [0.1, 0.15) is 10.9 Å². The van der Waals surface area contributed by atoms with Crippen LogP contribution in [-0.4, -0.2) is 28.8 Å². The van der Waals surface area contributed by atoms with Gasteiger partial charge in [0, 0.05) is 10.4 Å². The molecule has 0 radical (unpaired) electrons. The van der Waals surface area contributed by atoms with Crippen LogP contribution in [0.4, 0.5) is 0 Å². The maximum absolute atomic E-state index is 13.1. The number of carbonyl (C=O) groups excluding carboxylic acids is 2. The number of thiazole rings is 1. The number of ketones is 2. The number of fused-ring (bicyclic) bond motifs is 5. The van der Waals surface area contributed by atoms with Crippen molar-refractivity contribution in [3.05, 3.63) is 40.4 Å². The predicted molar refractivity (Wildman–Crippen MR) is 104 cm³/mol. The fourth-order valence-electron chi connectivity index (χ4n) is 5.01. The highest BCUT2D eigenvalue weighted by molar-refractivity contribution is 7.15. The van der Waals surface area contributed by atoms with Gasteiger partial charge in [0.05, 0.1) is 29.7 Å². The normalized spacial score (nSPS) is 31.9. The second-order valence-corrected chi connectivity index (χ2v) is 9.52. The molecule has 2 bridgehead atoms. The Bertz CT molecular complexity index is 902. The van der Waals surface area contributed by atoms with Crippen LogP contribution in [-0.2, 0) is 14.3 Å². The molecule has 0 amide bonds. The summed E-state index contributed by atoms with van der Waals surface area (Å²) in [4.78, 5) is 31.9. The third-order valence-electron chi connectivity index (χ3n) is 6.43. The number of benzene rings is 1. The minimum absolute atomic E-state index is 0.0345. The van der Waals surface area contributed by atoms with Gasteiger partial charge in [-0.1, -0.05) is 38.1 Å². The fourth-order valence-corrected chi connectivity index (χ4v) is 5.96. The number of Topliss-reactive ketones (excluding diaryl/α,β-unsaturated/α-hetero) is 2. The van der Waals surface area contributed by atoms with Crippen molar-refractivity contribution in [1.82, 2.24) is 4.98 Å². The minimum atomic E-state index is -0.688. The largest absolute Gasteiger partial charge is 0.373 e. The Morgan fingerprint density at radius 2 is 1.63 bits per heavy atom. The molecule has 1 aromatic heterocycles. The minimum Gasteiger partial charge on any atom is -0.373 e.